The number of ether oxygens (including phenoxy) is 1. The van der Waals surface area contributed by atoms with Crippen LogP contribution in [0.1, 0.15) is 46.5 Å². The number of allylic oxidation sites excluding steroid dienone is 1. The standard InChI is InChI=1S/C17H28N2O5S/c1-6-8-9-10-11-25(22,23)19-14(20)17(12-13(17)7-2)18-15(21)24-16(3,4)5/h6-7,13H,1-2,8-12H2,3-5H3,(H,18,21)(H,19,20)/t13?,17-/m1/s1. The Kier molecular flexibility index (Phi) is 6.82. The molecule has 1 aliphatic rings. The fourth-order valence-corrected chi connectivity index (χ4v) is 3.53. The summed E-state index contributed by atoms with van der Waals surface area (Å²) < 4.78 is 31.3. The van der Waals surface area contributed by atoms with E-state index in [1.54, 1.807) is 26.8 Å². The highest BCUT2D eigenvalue weighted by atomic mass is 32.2. The van der Waals surface area contributed by atoms with Crippen LogP contribution in [-0.4, -0.2) is 37.3 Å². The Balaban J connectivity index is 2.72. The van der Waals surface area contributed by atoms with Crippen molar-refractivity contribution in [2.24, 2.45) is 5.92 Å². The molecule has 0 radical (unpaired) electrons. The molecule has 1 saturated carbocycles. The maximum Gasteiger partial charge on any atom is 0.408 e. The van der Waals surface area contributed by atoms with Gasteiger partial charge in [0.1, 0.15) is 11.1 Å². The number of hydrogen-bond acceptors (Lipinski definition) is 5. The SMILES string of the molecule is C=CCCCCS(=O)(=O)NC(=O)[C@@]1(NC(=O)OC(C)(C)C)CC1C=C. The number of carbonyl (C=O) groups is 2. The number of hydrogen-bond donors (Lipinski definition) is 2. The molecule has 0 bridgehead atoms. The van der Waals surface area contributed by atoms with Gasteiger partial charge in [-0.25, -0.2) is 13.2 Å². The van der Waals surface area contributed by atoms with E-state index in [1.807, 2.05) is 0 Å². The molecule has 0 aromatic heterocycles. The minimum atomic E-state index is -3.77. The molecule has 1 unspecified atom stereocenters. The summed E-state index contributed by atoms with van der Waals surface area (Å²) >= 11 is 0. The quantitative estimate of drug-likeness (QED) is 0.477. The number of sulfonamides is 1. The number of unbranched alkanes of at least 4 members (excludes halogenated alkanes) is 2. The highest BCUT2D eigenvalue weighted by molar-refractivity contribution is 7.90. The molecule has 2 atom stereocenters. The fourth-order valence-electron chi connectivity index (χ4n) is 2.38. The Bertz CT molecular complexity index is 636. The summed E-state index contributed by atoms with van der Waals surface area (Å²) in [6.45, 7) is 12.3. The molecule has 0 aliphatic heterocycles. The van der Waals surface area contributed by atoms with Crippen LogP contribution >= 0.6 is 0 Å². The molecule has 25 heavy (non-hydrogen) atoms. The van der Waals surface area contributed by atoms with Crippen LogP contribution in [-0.2, 0) is 19.6 Å². The summed E-state index contributed by atoms with van der Waals surface area (Å²) in [5.74, 6) is -1.25. The van der Waals surface area contributed by atoms with Crippen LogP contribution in [0, 0.1) is 5.92 Å². The third kappa shape index (κ3) is 6.53. The first kappa shape index (κ1) is 21.2. The molecule has 2 N–H and O–H groups in total. The molecule has 0 heterocycles. The fraction of sp³-hybridized carbons (Fsp3) is 0.647. The smallest absolute Gasteiger partial charge is 0.408 e. The van der Waals surface area contributed by atoms with Gasteiger partial charge in [0.2, 0.25) is 10.0 Å². The average Bonchev–Trinajstić information content (AvgIpc) is 3.15. The minimum absolute atomic E-state index is 0.159. The summed E-state index contributed by atoms with van der Waals surface area (Å²) in [5, 5.41) is 2.50. The number of carbonyl (C=O) groups excluding carboxylic acids is 2. The Morgan fingerprint density at radius 1 is 1.28 bits per heavy atom. The van der Waals surface area contributed by atoms with E-state index in [1.165, 1.54) is 6.08 Å². The predicted octanol–water partition coefficient (Wildman–Crippen LogP) is 2.26. The highest BCUT2D eigenvalue weighted by Crippen LogP contribution is 2.44. The first-order chi connectivity index (χ1) is 11.5. The molecule has 0 saturated heterocycles. The van der Waals surface area contributed by atoms with Crippen molar-refractivity contribution in [1.29, 1.82) is 0 Å². The third-order valence-electron chi connectivity index (χ3n) is 3.75. The van der Waals surface area contributed by atoms with Gasteiger partial charge in [-0.1, -0.05) is 12.2 Å². The van der Waals surface area contributed by atoms with Gasteiger partial charge in [-0.2, -0.15) is 0 Å². The summed E-state index contributed by atoms with van der Waals surface area (Å²) in [7, 11) is -3.77. The largest absolute Gasteiger partial charge is 0.444 e. The zero-order valence-electron chi connectivity index (χ0n) is 15.1. The zero-order chi connectivity index (χ0) is 19.3. The highest BCUT2D eigenvalue weighted by Gasteiger charge is 2.61. The van der Waals surface area contributed by atoms with Crippen molar-refractivity contribution in [2.45, 2.75) is 57.6 Å². The number of alkyl carbamates (subject to hydrolysis) is 1. The lowest BCUT2D eigenvalue weighted by molar-refractivity contribution is -0.122. The summed E-state index contributed by atoms with van der Waals surface area (Å²) in [6.07, 6.45) is 4.56. The van der Waals surface area contributed by atoms with Gasteiger partial charge in [0, 0.05) is 5.92 Å². The number of amides is 2. The average molecular weight is 372 g/mol. The summed E-state index contributed by atoms with van der Waals surface area (Å²) in [4.78, 5) is 24.5. The molecule has 7 nitrogen and oxygen atoms in total. The minimum Gasteiger partial charge on any atom is -0.444 e. The van der Waals surface area contributed by atoms with Gasteiger partial charge >= 0.3 is 6.09 Å². The van der Waals surface area contributed by atoms with Gasteiger partial charge in [-0.3, -0.25) is 9.52 Å². The van der Waals surface area contributed by atoms with Gasteiger partial charge in [0.25, 0.3) is 5.91 Å². The Morgan fingerprint density at radius 3 is 2.40 bits per heavy atom. The van der Waals surface area contributed by atoms with Crippen LogP contribution in [0.15, 0.2) is 25.3 Å². The topological polar surface area (TPSA) is 102 Å². The first-order valence-corrected chi connectivity index (χ1v) is 9.90. The van der Waals surface area contributed by atoms with E-state index in [2.05, 4.69) is 23.2 Å². The lowest BCUT2D eigenvalue weighted by atomic mass is 10.2. The maximum atomic E-state index is 12.5. The van der Waals surface area contributed by atoms with E-state index in [0.29, 0.717) is 19.3 Å². The van der Waals surface area contributed by atoms with Crippen molar-refractivity contribution >= 4 is 22.0 Å². The van der Waals surface area contributed by atoms with Crippen molar-refractivity contribution in [2.75, 3.05) is 5.75 Å². The normalized spacial score (nSPS) is 22.6. The molecule has 2 amide bonds. The van der Waals surface area contributed by atoms with Crippen LogP contribution < -0.4 is 10.0 Å². The summed E-state index contributed by atoms with van der Waals surface area (Å²) in [6, 6.07) is 0. The second kappa shape index (κ2) is 8.03. The molecule has 142 valence electrons. The van der Waals surface area contributed by atoms with Crippen LogP contribution in [0.25, 0.3) is 0 Å². The molecular weight excluding hydrogens is 344 g/mol. The first-order valence-electron chi connectivity index (χ1n) is 8.25. The Morgan fingerprint density at radius 2 is 1.92 bits per heavy atom. The van der Waals surface area contributed by atoms with Gasteiger partial charge in [0.15, 0.2) is 0 Å². The van der Waals surface area contributed by atoms with E-state index < -0.39 is 33.2 Å². The van der Waals surface area contributed by atoms with E-state index in [0.717, 1.165) is 0 Å². The Labute approximate surface area is 149 Å². The van der Waals surface area contributed by atoms with E-state index in [-0.39, 0.29) is 18.1 Å². The van der Waals surface area contributed by atoms with Crippen LogP contribution in [0.4, 0.5) is 4.79 Å². The van der Waals surface area contributed by atoms with Crippen molar-refractivity contribution in [3.63, 3.8) is 0 Å². The molecule has 1 aliphatic carbocycles. The predicted molar refractivity (Wildman–Crippen MR) is 96.4 cm³/mol. The number of rotatable bonds is 9. The maximum absolute atomic E-state index is 12.5. The molecule has 0 aromatic rings. The van der Waals surface area contributed by atoms with Crippen molar-refractivity contribution in [3.05, 3.63) is 25.3 Å². The van der Waals surface area contributed by atoms with Gasteiger partial charge in [0.05, 0.1) is 5.75 Å². The summed E-state index contributed by atoms with van der Waals surface area (Å²) in [5.41, 5.74) is -2.05. The second-order valence-electron chi connectivity index (χ2n) is 7.18. The molecule has 1 rings (SSSR count). The van der Waals surface area contributed by atoms with E-state index in [9.17, 15) is 18.0 Å². The van der Waals surface area contributed by atoms with Crippen LogP contribution in [0.5, 0.6) is 0 Å². The van der Waals surface area contributed by atoms with Crippen molar-refractivity contribution < 1.29 is 22.7 Å². The lowest BCUT2D eigenvalue weighted by Crippen LogP contribution is -2.53. The van der Waals surface area contributed by atoms with Crippen LogP contribution in [0.3, 0.4) is 0 Å². The molecule has 0 aromatic carbocycles. The third-order valence-corrected chi connectivity index (χ3v) is 5.07. The van der Waals surface area contributed by atoms with Gasteiger partial charge in [-0.05, 0) is 46.5 Å². The monoisotopic (exact) mass is 372 g/mol. The van der Waals surface area contributed by atoms with Crippen molar-refractivity contribution in [1.82, 2.24) is 10.0 Å². The second-order valence-corrected chi connectivity index (χ2v) is 9.02. The molecule has 1 fully saturated rings. The van der Waals surface area contributed by atoms with Gasteiger partial charge in [-0.15, -0.1) is 13.2 Å². The Hall–Kier alpha value is -1.83. The van der Waals surface area contributed by atoms with Crippen LogP contribution in [0.2, 0.25) is 0 Å². The molecule has 8 heteroatoms. The van der Waals surface area contributed by atoms with Gasteiger partial charge < -0.3 is 10.1 Å². The molecular formula is C17H28N2O5S. The molecule has 0 spiro atoms. The lowest BCUT2D eigenvalue weighted by Gasteiger charge is -2.23. The van der Waals surface area contributed by atoms with E-state index in [4.69, 9.17) is 4.74 Å². The van der Waals surface area contributed by atoms with Crippen molar-refractivity contribution in [3.8, 4) is 0 Å². The number of nitrogens with one attached hydrogen (secondary N) is 2. The zero-order valence-corrected chi connectivity index (χ0v) is 15.9. The van der Waals surface area contributed by atoms with E-state index >= 15 is 0 Å².